The van der Waals surface area contributed by atoms with E-state index in [1.807, 2.05) is 13.8 Å². The van der Waals surface area contributed by atoms with E-state index in [1.165, 1.54) is 0 Å². The molecule has 1 heterocycles. The highest BCUT2D eigenvalue weighted by Crippen LogP contribution is 2.45. The lowest BCUT2D eigenvalue weighted by Crippen LogP contribution is -2.25. The van der Waals surface area contributed by atoms with E-state index < -0.39 is 11.4 Å². The molecule has 0 unspecified atom stereocenters. The van der Waals surface area contributed by atoms with Crippen molar-refractivity contribution in [2.45, 2.75) is 26.7 Å². The molecule has 2 N–H and O–H groups in total. The summed E-state index contributed by atoms with van der Waals surface area (Å²) in [5.74, 6) is -0.0363. The predicted molar refractivity (Wildman–Crippen MR) is 59.3 cm³/mol. The van der Waals surface area contributed by atoms with E-state index in [-0.39, 0.29) is 0 Å². The average molecular weight is 221 g/mol. The van der Waals surface area contributed by atoms with Crippen LogP contribution in [-0.2, 0) is 4.79 Å². The van der Waals surface area contributed by atoms with Gasteiger partial charge in [-0.3, -0.25) is 9.78 Å². The van der Waals surface area contributed by atoms with E-state index in [4.69, 9.17) is 5.11 Å². The number of aromatic nitrogens is 2. The van der Waals surface area contributed by atoms with Gasteiger partial charge < -0.3 is 10.4 Å². The minimum Gasteiger partial charge on any atom is -0.481 e. The molecule has 1 aliphatic carbocycles. The summed E-state index contributed by atoms with van der Waals surface area (Å²) >= 11 is 0. The monoisotopic (exact) mass is 221 g/mol. The Morgan fingerprint density at radius 1 is 1.56 bits per heavy atom. The number of nitrogens with one attached hydrogen (secondary N) is 1. The van der Waals surface area contributed by atoms with Gasteiger partial charge in [0.1, 0.15) is 5.82 Å². The molecule has 0 radical (unpaired) electrons. The molecule has 86 valence electrons. The SMILES string of the molecule is Cc1cnc(C)c(NCC2(C(=O)O)CC2)n1. The van der Waals surface area contributed by atoms with Crippen LogP contribution in [0, 0.1) is 19.3 Å². The maximum Gasteiger partial charge on any atom is 0.311 e. The Hall–Kier alpha value is -1.65. The van der Waals surface area contributed by atoms with Crippen molar-refractivity contribution in [3.05, 3.63) is 17.6 Å². The van der Waals surface area contributed by atoms with Crippen LogP contribution < -0.4 is 5.32 Å². The minimum absolute atomic E-state index is 0.432. The second kappa shape index (κ2) is 3.73. The summed E-state index contributed by atoms with van der Waals surface area (Å²) in [5, 5.41) is 12.1. The largest absolute Gasteiger partial charge is 0.481 e. The smallest absolute Gasteiger partial charge is 0.311 e. The normalized spacial score (nSPS) is 16.9. The van der Waals surface area contributed by atoms with Gasteiger partial charge in [-0.15, -0.1) is 0 Å². The van der Waals surface area contributed by atoms with Gasteiger partial charge in [-0.05, 0) is 26.7 Å². The lowest BCUT2D eigenvalue weighted by atomic mass is 10.1. The number of carbonyl (C=O) groups is 1. The van der Waals surface area contributed by atoms with Crippen LogP contribution in [0.15, 0.2) is 6.20 Å². The van der Waals surface area contributed by atoms with Crippen molar-refractivity contribution in [2.24, 2.45) is 5.41 Å². The highest BCUT2D eigenvalue weighted by molar-refractivity contribution is 5.78. The Bertz CT molecular complexity index is 427. The van der Waals surface area contributed by atoms with Gasteiger partial charge in [0.05, 0.1) is 16.8 Å². The number of hydrogen-bond acceptors (Lipinski definition) is 4. The summed E-state index contributed by atoms with van der Waals surface area (Å²) in [7, 11) is 0. The first kappa shape index (κ1) is 10.9. The van der Waals surface area contributed by atoms with Crippen molar-refractivity contribution < 1.29 is 9.90 Å². The fourth-order valence-corrected chi connectivity index (χ4v) is 1.58. The van der Waals surface area contributed by atoms with E-state index >= 15 is 0 Å². The van der Waals surface area contributed by atoms with E-state index in [9.17, 15) is 4.79 Å². The van der Waals surface area contributed by atoms with Crippen LogP contribution >= 0.6 is 0 Å². The maximum atomic E-state index is 11.0. The van der Waals surface area contributed by atoms with E-state index in [1.54, 1.807) is 6.20 Å². The molecule has 5 nitrogen and oxygen atoms in total. The number of nitrogens with zero attached hydrogens (tertiary/aromatic N) is 2. The van der Waals surface area contributed by atoms with Gasteiger partial charge in [-0.2, -0.15) is 0 Å². The number of hydrogen-bond donors (Lipinski definition) is 2. The highest BCUT2D eigenvalue weighted by Gasteiger charge is 2.50. The van der Waals surface area contributed by atoms with Crippen molar-refractivity contribution >= 4 is 11.8 Å². The molecule has 0 aliphatic heterocycles. The minimum atomic E-state index is -0.724. The molecule has 1 aromatic heterocycles. The molecular formula is C11H15N3O2. The molecule has 16 heavy (non-hydrogen) atoms. The Balaban J connectivity index is 2.05. The molecule has 0 amide bonds. The summed E-state index contributed by atoms with van der Waals surface area (Å²) in [5.41, 5.74) is 1.05. The third-order valence-electron chi connectivity index (χ3n) is 2.98. The van der Waals surface area contributed by atoms with E-state index in [0.29, 0.717) is 12.4 Å². The third-order valence-corrected chi connectivity index (χ3v) is 2.98. The number of carboxylic acid groups (broad SMARTS) is 1. The zero-order chi connectivity index (χ0) is 11.8. The Morgan fingerprint density at radius 3 is 2.81 bits per heavy atom. The van der Waals surface area contributed by atoms with Crippen molar-refractivity contribution in [1.29, 1.82) is 0 Å². The number of rotatable bonds is 4. The summed E-state index contributed by atoms with van der Waals surface area (Å²) < 4.78 is 0. The van der Waals surface area contributed by atoms with E-state index in [0.717, 1.165) is 24.2 Å². The number of anilines is 1. The maximum absolute atomic E-state index is 11.0. The Kier molecular flexibility index (Phi) is 2.53. The van der Waals surface area contributed by atoms with Crippen LogP contribution in [0.4, 0.5) is 5.82 Å². The summed E-state index contributed by atoms with van der Waals surface area (Å²) in [6, 6.07) is 0. The highest BCUT2D eigenvalue weighted by atomic mass is 16.4. The predicted octanol–water partition coefficient (Wildman–Crippen LogP) is 1.37. The van der Waals surface area contributed by atoms with Gasteiger partial charge in [0, 0.05) is 12.7 Å². The second-order valence-corrected chi connectivity index (χ2v) is 4.38. The molecule has 1 aromatic rings. The van der Waals surface area contributed by atoms with Gasteiger partial charge in [-0.25, -0.2) is 4.98 Å². The molecule has 2 rings (SSSR count). The molecule has 1 fully saturated rings. The zero-order valence-corrected chi connectivity index (χ0v) is 9.45. The van der Waals surface area contributed by atoms with Crippen LogP contribution in [0.25, 0.3) is 0 Å². The molecular weight excluding hydrogens is 206 g/mol. The standard InChI is InChI=1S/C11H15N3O2/c1-7-5-12-8(2)9(14-7)13-6-11(3-4-11)10(15)16/h5H,3-4,6H2,1-2H3,(H,13,14)(H,15,16). The first-order valence-electron chi connectivity index (χ1n) is 5.31. The molecule has 0 spiro atoms. The fraction of sp³-hybridized carbons (Fsp3) is 0.545. The van der Waals surface area contributed by atoms with E-state index in [2.05, 4.69) is 15.3 Å². The van der Waals surface area contributed by atoms with Gasteiger partial charge >= 0.3 is 5.97 Å². The van der Waals surface area contributed by atoms with Crippen LogP contribution in [0.2, 0.25) is 0 Å². The summed E-state index contributed by atoms with van der Waals surface area (Å²) in [6.07, 6.45) is 3.19. The zero-order valence-electron chi connectivity index (χ0n) is 9.45. The molecule has 1 saturated carbocycles. The molecule has 5 heteroatoms. The van der Waals surface area contributed by atoms with Crippen molar-refractivity contribution in [1.82, 2.24) is 9.97 Å². The first-order chi connectivity index (χ1) is 7.53. The quantitative estimate of drug-likeness (QED) is 0.803. The first-order valence-corrected chi connectivity index (χ1v) is 5.31. The number of aliphatic carboxylic acids is 1. The van der Waals surface area contributed by atoms with Crippen LogP contribution in [0.1, 0.15) is 24.2 Å². The molecule has 1 aliphatic rings. The third kappa shape index (κ3) is 1.98. The van der Waals surface area contributed by atoms with Gasteiger partial charge in [0.15, 0.2) is 0 Å². The Labute approximate surface area is 93.9 Å². The number of carboxylic acids is 1. The fourth-order valence-electron chi connectivity index (χ4n) is 1.58. The summed E-state index contributed by atoms with van der Waals surface area (Å²) in [6.45, 7) is 4.15. The lowest BCUT2D eigenvalue weighted by molar-refractivity contribution is -0.142. The topological polar surface area (TPSA) is 75.1 Å². The van der Waals surface area contributed by atoms with Gasteiger partial charge in [0.25, 0.3) is 0 Å². The van der Waals surface area contributed by atoms with Gasteiger partial charge in [0.2, 0.25) is 0 Å². The number of aryl methyl sites for hydroxylation is 2. The van der Waals surface area contributed by atoms with Crippen molar-refractivity contribution in [3.63, 3.8) is 0 Å². The van der Waals surface area contributed by atoms with Crippen molar-refractivity contribution in [3.8, 4) is 0 Å². The molecule has 0 bridgehead atoms. The Morgan fingerprint density at radius 2 is 2.25 bits per heavy atom. The average Bonchev–Trinajstić information content (AvgIpc) is 3.00. The van der Waals surface area contributed by atoms with Crippen LogP contribution in [0.5, 0.6) is 0 Å². The summed E-state index contributed by atoms with van der Waals surface area (Å²) in [4.78, 5) is 19.4. The second-order valence-electron chi connectivity index (χ2n) is 4.38. The van der Waals surface area contributed by atoms with Crippen LogP contribution in [-0.4, -0.2) is 27.6 Å². The van der Waals surface area contributed by atoms with Gasteiger partial charge in [-0.1, -0.05) is 0 Å². The van der Waals surface area contributed by atoms with Crippen molar-refractivity contribution in [2.75, 3.05) is 11.9 Å². The molecule has 0 saturated heterocycles. The van der Waals surface area contributed by atoms with Crippen LogP contribution in [0.3, 0.4) is 0 Å². The molecule has 0 atom stereocenters. The molecule has 0 aromatic carbocycles. The lowest BCUT2D eigenvalue weighted by Gasteiger charge is -2.13.